The van der Waals surface area contributed by atoms with Crippen LogP contribution in [0.2, 0.25) is 0 Å². The first-order valence-electron chi connectivity index (χ1n) is 9.05. The van der Waals surface area contributed by atoms with E-state index in [1.807, 2.05) is 29.9 Å². The van der Waals surface area contributed by atoms with Crippen LogP contribution in [-0.2, 0) is 6.54 Å². The molecule has 146 valence electrons. The summed E-state index contributed by atoms with van der Waals surface area (Å²) >= 11 is 1.47. The van der Waals surface area contributed by atoms with Gasteiger partial charge in [-0.05, 0) is 50.5 Å². The molecule has 0 atom stereocenters. The molecule has 5 rings (SSSR count). The minimum atomic E-state index is 0. The molecule has 0 saturated carbocycles. The number of halogens is 1. The third-order valence-electron chi connectivity index (χ3n) is 4.79. The predicted octanol–water partition coefficient (Wildman–Crippen LogP) is 3.65. The number of aryl methyl sites for hydroxylation is 1. The molecule has 4 aromatic rings. The van der Waals surface area contributed by atoms with Crippen LogP contribution in [0.25, 0.3) is 16.9 Å². The quantitative estimate of drug-likeness (QED) is 0.516. The van der Waals surface area contributed by atoms with E-state index in [1.165, 1.54) is 37.5 Å². The lowest BCUT2D eigenvalue weighted by molar-refractivity contribution is 0.328. The highest BCUT2D eigenvalue weighted by Crippen LogP contribution is 2.27. The summed E-state index contributed by atoms with van der Waals surface area (Å²) in [5.41, 5.74) is 4.77. The minimum absolute atomic E-state index is 0. The molecule has 0 radical (unpaired) electrons. The number of imidazole rings is 1. The number of hydrogen-bond acceptors (Lipinski definition) is 7. The van der Waals surface area contributed by atoms with Gasteiger partial charge in [0.1, 0.15) is 5.00 Å². The Balaban J connectivity index is 0.00000192. The van der Waals surface area contributed by atoms with Gasteiger partial charge in [-0.1, -0.05) is 0 Å². The summed E-state index contributed by atoms with van der Waals surface area (Å²) in [6, 6.07) is 2.11. The van der Waals surface area contributed by atoms with Gasteiger partial charge in [0.15, 0.2) is 11.5 Å². The number of rotatable bonds is 5. The second kappa shape index (κ2) is 7.86. The number of likely N-dealkylation sites (tertiary alicyclic amines) is 1. The summed E-state index contributed by atoms with van der Waals surface area (Å²) in [4.78, 5) is 11.7. The number of aromatic nitrogens is 6. The van der Waals surface area contributed by atoms with E-state index < -0.39 is 0 Å². The molecule has 0 aliphatic carbocycles. The molecular weight excluding hydrogens is 396 g/mol. The van der Waals surface area contributed by atoms with Gasteiger partial charge in [-0.3, -0.25) is 14.4 Å². The Bertz CT molecular complexity index is 1060. The number of hydrogen-bond donors (Lipinski definition) is 2. The Hall–Kier alpha value is -2.49. The fraction of sp³-hybridized carbons (Fsp3) is 0.333. The van der Waals surface area contributed by atoms with Gasteiger partial charge >= 0.3 is 0 Å². The summed E-state index contributed by atoms with van der Waals surface area (Å²) in [6.45, 7) is 5.24. The van der Waals surface area contributed by atoms with Gasteiger partial charge in [0, 0.05) is 24.5 Å². The topological polar surface area (TPSA) is 87.0 Å². The van der Waals surface area contributed by atoms with Crippen LogP contribution in [0.4, 0.5) is 10.8 Å². The third kappa shape index (κ3) is 3.60. The maximum Gasteiger partial charge on any atom is 0.180 e. The average Bonchev–Trinajstić information content (AvgIpc) is 3.43. The summed E-state index contributed by atoms with van der Waals surface area (Å²) in [5.74, 6) is 0.737. The van der Waals surface area contributed by atoms with Gasteiger partial charge < -0.3 is 5.32 Å². The molecule has 2 N–H and O–H groups in total. The standard InChI is InChI=1S/C18H20N8S.ClH/c1-12-10-26-15(13-7-20-21-8-13)9-19-18(26)17(22-12)23-16-6-14(24-27-16)11-25-4-2-3-5-25;/h6-10H,2-5,11H2,1H3,(H,20,21)(H,22,23);1H. The van der Waals surface area contributed by atoms with Crippen LogP contribution in [0.3, 0.4) is 0 Å². The number of fused-ring (bicyclic) bond motifs is 1. The van der Waals surface area contributed by atoms with Gasteiger partial charge in [0.25, 0.3) is 0 Å². The number of nitrogens with one attached hydrogen (secondary N) is 2. The fourth-order valence-electron chi connectivity index (χ4n) is 3.53. The first-order chi connectivity index (χ1) is 13.3. The number of H-pyrrole nitrogens is 1. The van der Waals surface area contributed by atoms with E-state index in [9.17, 15) is 0 Å². The van der Waals surface area contributed by atoms with Crippen molar-refractivity contribution in [2.45, 2.75) is 26.3 Å². The monoisotopic (exact) mass is 416 g/mol. The second-order valence-corrected chi connectivity index (χ2v) is 7.65. The van der Waals surface area contributed by atoms with Crippen molar-refractivity contribution in [1.29, 1.82) is 0 Å². The molecule has 0 aromatic carbocycles. The van der Waals surface area contributed by atoms with Crippen LogP contribution in [0, 0.1) is 6.92 Å². The van der Waals surface area contributed by atoms with E-state index in [4.69, 9.17) is 0 Å². The van der Waals surface area contributed by atoms with Crippen LogP contribution in [0.5, 0.6) is 0 Å². The van der Waals surface area contributed by atoms with Gasteiger partial charge in [-0.25, -0.2) is 9.97 Å². The lowest BCUT2D eigenvalue weighted by atomic mass is 10.3. The molecule has 28 heavy (non-hydrogen) atoms. The molecule has 1 aliphatic heterocycles. The highest BCUT2D eigenvalue weighted by atomic mass is 35.5. The fourth-order valence-corrected chi connectivity index (χ4v) is 4.19. The smallest absolute Gasteiger partial charge is 0.180 e. The van der Waals surface area contributed by atoms with Crippen molar-refractivity contribution in [3.63, 3.8) is 0 Å². The highest BCUT2D eigenvalue weighted by molar-refractivity contribution is 7.10. The molecule has 0 bridgehead atoms. The zero-order valence-electron chi connectivity index (χ0n) is 15.4. The lowest BCUT2D eigenvalue weighted by Gasteiger charge is -2.11. The first-order valence-corrected chi connectivity index (χ1v) is 9.82. The minimum Gasteiger partial charge on any atom is -0.328 e. The molecule has 4 aromatic heterocycles. The molecule has 8 nitrogen and oxygen atoms in total. The molecular formula is C18H21ClN8S. The van der Waals surface area contributed by atoms with Crippen molar-refractivity contribution in [2.75, 3.05) is 18.4 Å². The summed E-state index contributed by atoms with van der Waals surface area (Å²) in [5, 5.41) is 11.3. The van der Waals surface area contributed by atoms with E-state index in [-0.39, 0.29) is 12.4 Å². The zero-order valence-corrected chi connectivity index (χ0v) is 17.1. The normalized spacial score (nSPS) is 14.5. The highest BCUT2D eigenvalue weighted by Gasteiger charge is 2.16. The van der Waals surface area contributed by atoms with Crippen molar-refractivity contribution in [2.24, 2.45) is 0 Å². The molecule has 1 saturated heterocycles. The van der Waals surface area contributed by atoms with Crippen molar-refractivity contribution >= 4 is 40.4 Å². The number of nitrogens with zero attached hydrogens (tertiary/aromatic N) is 6. The maximum atomic E-state index is 4.65. The van der Waals surface area contributed by atoms with Crippen molar-refractivity contribution in [3.05, 3.63) is 42.2 Å². The SMILES string of the molecule is Cc1cn2c(-c3cn[nH]c3)cnc2c(Nc2cc(CN3CCCC3)ns2)n1.Cl. The van der Waals surface area contributed by atoms with E-state index in [1.54, 1.807) is 6.20 Å². The van der Waals surface area contributed by atoms with E-state index >= 15 is 0 Å². The maximum absolute atomic E-state index is 4.65. The van der Waals surface area contributed by atoms with Gasteiger partial charge in [-0.2, -0.15) is 9.47 Å². The number of aromatic amines is 1. The Labute approximate surface area is 172 Å². The van der Waals surface area contributed by atoms with Crippen molar-refractivity contribution in [1.82, 2.24) is 33.8 Å². The molecule has 10 heteroatoms. The molecule has 0 spiro atoms. The summed E-state index contributed by atoms with van der Waals surface area (Å²) < 4.78 is 6.64. The van der Waals surface area contributed by atoms with Crippen molar-refractivity contribution < 1.29 is 0 Å². The Morgan fingerprint density at radius 3 is 2.89 bits per heavy atom. The number of anilines is 2. The molecule has 5 heterocycles. The second-order valence-electron chi connectivity index (χ2n) is 6.85. The summed E-state index contributed by atoms with van der Waals surface area (Å²) in [6.07, 6.45) is 10.1. The van der Waals surface area contributed by atoms with E-state index in [2.05, 4.69) is 40.8 Å². The van der Waals surface area contributed by atoms with Gasteiger partial charge in [-0.15, -0.1) is 12.4 Å². The molecule has 1 fully saturated rings. The van der Waals surface area contributed by atoms with E-state index in [0.717, 1.165) is 45.7 Å². The largest absolute Gasteiger partial charge is 0.328 e. The van der Waals surface area contributed by atoms with Gasteiger partial charge in [0.05, 0.1) is 29.5 Å². The molecule has 1 aliphatic rings. The Kier molecular flexibility index (Phi) is 5.29. The van der Waals surface area contributed by atoms with Crippen LogP contribution in [0.15, 0.2) is 30.9 Å². The Morgan fingerprint density at radius 1 is 1.25 bits per heavy atom. The first kappa shape index (κ1) is 18.9. The average molecular weight is 417 g/mol. The van der Waals surface area contributed by atoms with Gasteiger partial charge in [0.2, 0.25) is 0 Å². The van der Waals surface area contributed by atoms with Crippen LogP contribution < -0.4 is 5.32 Å². The molecule has 0 amide bonds. The Morgan fingerprint density at radius 2 is 2.11 bits per heavy atom. The summed E-state index contributed by atoms with van der Waals surface area (Å²) in [7, 11) is 0. The molecule has 0 unspecified atom stereocenters. The van der Waals surface area contributed by atoms with Crippen LogP contribution in [-0.4, -0.2) is 46.9 Å². The third-order valence-corrected chi connectivity index (χ3v) is 5.53. The lowest BCUT2D eigenvalue weighted by Crippen LogP contribution is -2.18. The van der Waals surface area contributed by atoms with Crippen molar-refractivity contribution in [3.8, 4) is 11.3 Å². The predicted molar refractivity (Wildman–Crippen MR) is 112 cm³/mol. The van der Waals surface area contributed by atoms with Crippen LogP contribution in [0.1, 0.15) is 24.2 Å². The van der Waals surface area contributed by atoms with E-state index in [0.29, 0.717) is 0 Å². The van der Waals surface area contributed by atoms with Crippen LogP contribution >= 0.6 is 23.9 Å². The zero-order chi connectivity index (χ0) is 18.2.